The minimum atomic E-state index is -4.76. The Morgan fingerprint density at radius 2 is 1.71 bits per heavy atom. The molecule has 7 nitrogen and oxygen atoms in total. The Labute approximate surface area is 235 Å². The van der Waals surface area contributed by atoms with Crippen molar-refractivity contribution in [3.8, 4) is 0 Å². The Morgan fingerprint density at radius 3 is 2.34 bits per heavy atom. The van der Waals surface area contributed by atoms with Crippen molar-refractivity contribution >= 4 is 33.0 Å². The highest BCUT2D eigenvalue weighted by molar-refractivity contribution is 7.92. The van der Waals surface area contributed by atoms with Gasteiger partial charge in [0.1, 0.15) is 17.4 Å². The van der Waals surface area contributed by atoms with Crippen molar-refractivity contribution < 1.29 is 45.4 Å². The van der Waals surface area contributed by atoms with Gasteiger partial charge in [0.15, 0.2) is 21.5 Å². The number of nitrogens with zero attached hydrogens (tertiary/aromatic N) is 1. The Hall–Kier alpha value is -3.13. The molecular formula is C27H22ClF5N2O5S. The first-order chi connectivity index (χ1) is 19.1. The van der Waals surface area contributed by atoms with Gasteiger partial charge in [-0.2, -0.15) is 13.2 Å². The van der Waals surface area contributed by atoms with Crippen LogP contribution < -0.4 is 5.32 Å². The molecule has 3 fully saturated rings. The molecule has 3 aliphatic carbocycles. The lowest BCUT2D eigenvalue weighted by Gasteiger charge is -2.59. The summed E-state index contributed by atoms with van der Waals surface area (Å²) in [7, 11) is -4.18. The van der Waals surface area contributed by atoms with Gasteiger partial charge in [0.2, 0.25) is 0 Å². The molecule has 41 heavy (non-hydrogen) atoms. The second-order valence-electron chi connectivity index (χ2n) is 10.2. The fourth-order valence-corrected chi connectivity index (χ4v) is 8.11. The van der Waals surface area contributed by atoms with Crippen molar-refractivity contribution in [1.29, 1.82) is 0 Å². The highest BCUT2D eigenvalue weighted by Gasteiger charge is 2.63. The zero-order valence-electron chi connectivity index (χ0n) is 20.9. The largest absolute Gasteiger partial charge is 0.433 e. The molecular weight excluding hydrogens is 595 g/mol. The Bertz CT molecular complexity index is 1620. The van der Waals surface area contributed by atoms with Crippen molar-refractivity contribution in [3.05, 3.63) is 88.2 Å². The normalized spacial score (nSPS) is 24.8. The fourth-order valence-electron chi connectivity index (χ4n) is 5.71. The molecule has 1 amide bonds. The van der Waals surface area contributed by atoms with Crippen LogP contribution in [0.1, 0.15) is 47.1 Å². The molecule has 3 aromatic rings. The molecule has 0 saturated heterocycles. The van der Waals surface area contributed by atoms with Gasteiger partial charge in [0.25, 0.3) is 5.91 Å². The number of benzene rings is 2. The summed E-state index contributed by atoms with van der Waals surface area (Å²) in [5.74, 6) is -4.62. The summed E-state index contributed by atoms with van der Waals surface area (Å²) in [6.07, 6.45) is -6.42. The molecule has 0 aliphatic heterocycles. The smallest absolute Gasteiger partial charge is 0.386 e. The summed E-state index contributed by atoms with van der Waals surface area (Å²) in [5, 5.41) is 23.3. The molecule has 3 atom stereocenters. The van der Waals surface area contributed by atoms with Crippen LogP contribution in [0.15, 0.2) is 59.5 Å². The van der Waals surface area contributed by atoms with Gasteiger partial charge in [-0.1, -0.05) is 17.7 Å². The van der Waals surface area contributed by atoms with Crippen LogP contribution in [-0.4, -0.2) is 40.4 Å². The molecule has 2 bridgehead atoms. The van der Waals surface area contributed by atoms with Crippen LogP contribution in [0.5, 0.6) is 0 Å². The van der Waals surface area contributed by atoms with E-state index < -0.39 is 68.0 Å². The van der Waals surface area contributed by atoms with Crippen LogP contribution in [0.4, 0.5) is 27.6 Å². The second-order valence-corrected chi connectivity index (χ2v) is 12.8. The average Bonchev–Trinajstić information content (AvgIpc) is 2.93. The van der Waals surface area contributed by atoms with Crippen LogP contribution in [0.3, 0.4) is 0 Å². The lowest BCUT2D eigenvalue weighted by molar-refractivity contribution is -0.235. The molecule has 218 valence electrons. The maximum absolute atomic E-state index is 13.6. The monoisotopic (exact) mass is 616 g/mol. The van der Waals surface area contributed by atoms with E-state index in [-0.39, 0.29) is 39.7 Å². The van der Waals surface area contributed by atoms with E-state index in [1.54, 1.807) is 0 Å². The highest BCUT2D eigenvalue weighted by atomic mass is 35.5. The molecule has 6 rings (SSSR count). The van der Waals surface area contributed by atoms with E-state index >= 15 is 0 Å². The number of fused-ring (bicyclic) bond motifs is 2. The Morgan fingerprint density at radius 1 is 1.02 bits per heavy atom. The maximum Gasteiger partial charge on any atom is 0.433 e. The number of hydrogen-bond acceptors (Lipinski definition) is 6. The number of aliphatic hydroxyl groups excluding tert-OH is 1. The average molecular weight is 617 g/mol. The topological polar surface area (TPSA) is 117 Å². The number of carbonyl (C=O) groups excluding carboxylic acids is 1. The number of nitrogens with one attached hydrogen (secondary N) is 1. The first-order valence-corrected chi connectivity index (χ1v) is 14.3. The molecule has 1 aromatic heterocycles. The zero-order chi connectivity index (χ0) is 29.9. The molecule has 3 saturated carbocycles. The quantitative estimate of drug-likeness (QED) is 0.323. The molecule has 0 radical (unpaired) electrons. The van der Waals surface area contributed by atoms with Crippen LogP contribution in [0.2, 0.25) is 5.02 Å². The van der Waals surface area contributed by atoms with Crippen LogP contribution in [0.25, 0.3) is 0 Å². The summed E-state index contributed by atoms with van der Waals surface area (Å²) in [5.41, 5.74) is -3.67. The van der Waals surface area contributed by atoms with Crippen molar-refractivity contribution in [2.24, 2.45) is 11.8 Å². The number of halogens is 6. The summed E-state index contributed by atoms with van der Waals surface area (Å²) >= 11 is 6.20. The van der Waals surface area contributed by atoms with Crippen LogP contribution >= 0.6 is 11.6 Å². The highest BCUT2D eigenvalue weighted by Crippen LogP contribution is 2.60. The number of anilines is 1. The fraction of sp³-hybridized carbons (Fsp3) is 0.333. The van der Waals surface area contributed by atoms with E-state index in [4.69, 9.17) is 11.6 Å². The van der Waals surface area contributed by atoms with Crippen LogP contribution in [-0.2, 0) is 16.0 Å². The minimum absolute atomic E-state index is 0.0614. The standard InChI is InChI=1S/C27H22ClF5N2O5S/c28-18-6-4-13(25(37)34-16-5-7-19(29)20(30)12-16)8-22(18)41(39,40)17-10-14-9-15(11-17)26(14,38)24(36)21-2-1-3-23(35-21)27(31,32)33/h1-8,12,14-15,17,24,36,38H,9-11H2,(H,34,37). The lowest BCUT2D eigenvalue weighted by Crippen LogP contribution is -2.64. The number of alkyl halides is 3. The predicted octanol–water partition coefficient (Wildman–Crippen LogP) is 5.32. The number of pyridine rings is 1. The number of hydrogen-bond donors (Lipinski definition) is 3. The Kier molecular flexibility index (Phi) is 7.38. The summed E-state index contributed by atoms with van der Waals surface area (Å²) in [6.45, 7) is 0. The first kappa shape index (κ1) is 29.4. The maximum atomic E-state index is 13.6. The van der Waals surface area contributed by atoms with E-state index in [1.165, 1.54) is 12.1 Å². The van der Waals surface area contributed by atoms with Gasteiger partial charge in [0, 0.05) is 17.3 Å². The number of carbonyl (C=O) groups is 1. The number of aromatic nitrogens is 1. The van der Waals surface area contributed by atoms with E-state index in [9.17, 15) is 45.4 Å². The van der Waals surface area contributed by atoms with Crippen molar-refractivity contribution in [2.75, 3.05) is 5.32 Å². The Balaban J connectivity index is 1.35. The third-order valence-electron chi connectivity index (χ3n) is 7.87. The summed E-state index contributed by atoms with van der Waals surface area (Å²) in [4.78, 5) is 15.8. The third kappa shape index (κ3) is 5.20. The minimum Gasteiger partial charge on any atom is -0.386 e. The third-order valence-corrected chi connectivity index (χ3v) is 10.5. The van der Waals surface area contributed by atoms with Crippen LogP contribution in [0, 0.1) is 23.5 Å². The molecule has 2 aromatic carbocycles. The molecule has 3 aliphatic rings. The second kappa shape index (κ2) is 10.3. The van der Waals surface area contributed by atoms with Crippen molar-refractivity contribution in [2.45, 2.75) is 47.3 Å². The van der Waals surface area contributed by atoms with E-state index in [2.05, 4.69) is 10.3 Å². The van der Waals surface area contributed by atoms with Gasteiger partial charge < -0.3 is 15.5 Å². The van der Waals surface area contributed by atoms with Gasteiger partial charge >= 0.3 is 6.18 Å². The van der Waals surface area contributed by atoms with Crippen molar-refractivity contribution in [1.82, 2.24) is 4.98 Å². The van der Waals surface area contributed by atoms with Gasteiger partial charge in [-0.15, -0.1) is 0 Å². The number of amides is 1. The SMILES string of the molecule is O=C(Nc1ccc(F)c(F)c1)c1ccc(Cl)c(S(=O)(=O)C2CC3CC(C2)C3(O)C(O)c2cccc(C(F)(F)F)n2)c1. The number of rotatable bonds is 6. The molecule has 1 heterocycles. The number of sulfone groups is 1. The van der Waals surface area contributed by atoms with Gasteiger partial charge in [-0.3, -0.25) is 4.79 Å². The van der Waals surface area contributed by atoms with E-state index in [0.717, 1.165) is 42.5 Å². The van der Waals surface area contributed by atoms with Gasteiger partial charge in [-0.25, -0.2) is 22.2 Å². The van der Waals surface area contributed by atoms with Crippen molar-refractivity contribution in [3.63, 3.8) is 0 Å². The van der Waals surface area contributed by atoms with Gasteiger partial charge in [0.05, 0.1) is 20.9 Å². The molecule has 3 N–H and O–H groups in total. The molecule has 3 unspecified atom stereocenters. The van der Waals surface area contributed by atoms with E-state index in [1.807, 2.05) is 0 Å². The van der Waals surface area contributed by atoms with E-state index in [0.29, 0.717) is 6.42 Å². The zero-order valence-corrected chi connectivity index (χ0v) is 22.4. The lowest BCUT2D eigenvalue weighted by atomic mass is 9.51. The molecule has 14 heteroatoms. The summed E-state index contributed by atoms with van der Waals surface area (Å²) in [6, 6.07) is 9.19. The number of aliphatic hydroxyl groups is 2. The first-order valence-electron chi connectivity index (χ1n) is 12.4. The van der Waals surface area contributed by atoms with Gasteiger partial charge in [-0.05, 0) is 73.6 Å². The predicted molar refractivity (Wildman–Crippen MR) is 137 cm³/mol. The summed E-state index contributed by atoms with van der Waals surface area (Å²) < 4.78 is 93.2. The molecule has 0 spiro atoms.